The van der Waals surface area contributed by atoms with E-state index in [1.807, 2.05) is 0 Å². The summed E-state index contributed by atoms with van der Waals surface area (Å²) in [5.41, 5.74) is 0.519. The van der Waals surface area contributed by atoms with Crippen LogP contribution in [-0.4, -0.2) is 19.1 Å². The van der Waals surface area contributed by atoms with Crippen molar-refractivity contribution in [2.75, 3.05) is 5.75 Å². The predicted octanol–water partition coefficient (Wildman–Crippen LogP) is 2.87. The van der Waals surface area contributed by atoms with E-state index in [1.54, 1.807) is 48.5 Å². The number of hydrogen-bond donors (Lipinski definition) is 0. The van der Waals surface area contributed by atoms with Gasteiger partial charge >= 0.3 is 0 Å². The van der Waals surface area contributed by atoms with Gasteiger partial charge in [-0.3, -0.25) is 10.1 Å². The molecule has 21 heavy (non-hydrogen) atoms. The third-order valence-electron chi connectivity index (χ3n) is 3.20. The molecule has 1 unspecified atom stereocenters. The van der Waals surface area contributed by atoms with E-state index in [1.165, 1.54) is 12.1 Å². The van der Waals surface area contributed by atoms with Gasteiger partial charge in [-0.25, -0.2) is 8.42 Å². The lowest BCUT2D eigenvalue weighted by molar-refractivity contribution is -0.529. The van der Waals surface area contributed by atoms with Crippen LogP contribution in [0.2, 0.25) is 0 Å². The van der Waals surface area contributed by atoms with Crippen molar-refractivity contribution in [3.63, 3.8) is 0 Å². The van der Waals surface area contributed by atoms with Crippen molar-refractivity contribution in [3.8, 4) is 0 Å². The Bertz CT molecular complexity index is 699. The molecule has 0 aliphatic carbocycles. The zero-order valence-electron chi connectivity index (χ0n) is 11.3. The molecule has 0 aliphatic rings. The molecular weight excluding hydrogens is 290 g/mol. The van der Waals surface area contributed by atoms with E-state index in [-0.39, 0.29) is 17.1 Å². The lowest BCUT2D eigenvalue weighted by Gasteiger charge is -2.10. The number of nitrogens with zero attached hydrogens (tertiary/aromatic N) is 1. The van der Waals surface area contributed by atoms with Gasteiger partial charge in [-0.2, -0.15) is 0 Å². The fourth-order valence-corrected chi connectivity index (χ4v) is 3.42. The molecule has 0 radical (unpaired) electrons. The minimum Gasteiger partial charge on any atom is -0.264 e. The molecule has 0 fully saturated rings. The molecule has 2 aromatic carbocycles. The first-order chi connectivity index (χ1) is 10.0. The summed E-state index contributed by atoms with van der Waals surface area (Å²) >= 11 is 0. The lowest BCUT2D eigenvalue weighted by Crippen LogP contribution is -2.16. The molecule has 0 heterocycles. The smallest absolute Gasteiger partial charge is 0.239 e. The summed E-state index contributed by atoms with van der Waals surface area (Å²) in [7, 11) is -3.50. The fourth-order valence-electron chi connectivity index (χ4n) is 2.08. The summed E-state index contributed by atoms with van der Waals surface area (Å²) < 4.78 is 24.3. The van der Waals surface area contributed by atoms with E-state index >= 15 is 0 Å². The van der Waals surface area contributed by atoms with E-state index in [0.29, 0.717) is 5.56 Å². The Labute approximate surface area is 123 Å². The Balaban J connectivity index is 2.15. The Morgan fingerprint density at radius 3 is 2.00 bits per heavy atom. The molecule has 0 aliphatic heterocycles. The highest BCUT2D eigenvalue weighted by molar-refractivity contribution is 7.91. The molecule has 0 saturated heterocycles. The van der Waals surface area contributed by atoms with E-state index in [2.05, 4.69) is 0 Å². The van der Waals surface area contributed by atoms with Gasteiger partial charge in [-0.05, 0) is 12.1 Å². The third-order valence-corrected chi connectivity index (χ3v) is 4.96. The highest BCUT2D eigenvalue weighted by Gasteiger charge is 2.26. The van der Waals surface area contributed by atoms with Gasteiger partial charge < -0.3 is 0 Å². The summed E-state index contributed by atoms with van der Waals surface area (Å²) in [4.78, 5) is 10.9. The average Bonchev–Trinajstić information content (AvgIpc) is 2.49. The number of nitro groups is 1. The van der Waals surface area contributed by atoms with Crippen molar-refractivity contribution in [1.29, 1.82) is 0 Å². The second kappa shape index (κ2) is 6.49. The van der Waals surface area contributed by atoms with Gasteiger partial charge in [0.05, 0.1) is 10.6 Å². The molecule has 5 nitrogen and oxygen atoms in total. The van der Waals surface area contributed by atoms with Crippen LogP contribution in [0.3, 0.4) is 0 Å². The van der Waals surface area contributed by atoms with E-state index in [9.17, 15) is 18.5 Å². The van der Waals surface area contributed by atoms with Crippen molar-refractivity contribution in [1.82, 2.24) is 0 Å². The van der Waals surface area contributed by atoms with Crippen LogP contribution in [0, 0.1) is 10.1 Å². The maximum atomic E-state index is 12.2. The lowest BCUT2D eigenvalue weighted by atomic mass is 10.1. The normalized spacial score (nSPS) is 12.8. The minimum atomic E-state index is -3.50. The van der Waals surface area contributed by atoms with Gasteiger partial charge in [-0.15, -0.1) is 0 Å². The Kier molecular flexibility index (Phi) is 4.70. The van der Waals surface area contributed by atoms with Crippen LogP contribution in [0.15, 0.2) is 65.6 Å². The highest BCUT2D eigenvalue weighted by atomic mass is 32.2. The topological polar surface area (TPSA) is 77.3 Å². The van der Waals surface area contributed by atoms with Gasteiger partial charge in [0.2, 0.25) is 6.04 Å². The van der Waals surface area contributed by atoms with Crippen LogP contribution >= 0.6 is 0 Å². The largest absolute Gasteiger partial charge is 0.264 e. The average molecular weight is 305 g/mol. The molecule has 0 saturated carbocycles. The SMILES string of the molecule is O=[N+]([O-])C(CCS(=O)(=O)c1ccccc1)c1ccccc1. The summed E-state index contributed by atoms with van der Waals surface area (Å²) in [6.07, 6.45) is -0.0474. The summed E-state index contributed by atoms with van der Waals surface area (Å²) in [6.45, 7) is 0. The maximum Gasteiger partial charge on any atom is 0.239 e. The minimum absolute atomic E-state index is 0.0474. The van der Waals surface area contributed by atoms with E-state index in [0.717, 1.165) is 0 Å². The first-order valence-electron chi connectivity index (χ1n) is 6.47. The van der Waals surface area contributed by atoms with Gasteiger partial charge in [0.1, 0.15) is 0 Å². The molecule has 2 rings (SSSR count). The molecule has 0 aromatic heterocycles. The molecule has 0 bridgehead atoms. The molecule has 0 spiro atoms. The van der Waals surface area contributed by atoms with Gasteiger partial charge in [0.15, 0.2) is 9.84 Å². The van der Waals surface area contributed by atoms with Crippen LogP contribution in [0.4, 0.5) is 0 Å². The zero-order chi connectivity index (χ0) is 15.3. The first-order valence-corrected chi connectivity index (χ1v) is 8.12. The number of sulfone groups is 1. The first kappa shape index (κ1) is 15.2. The molecule has 6 heteroatoms. The van der Waals surface area contributed by atoms with Crippen molar-refractivity contribution in [3.05, 3.63) is 76.3 Å². The monoisotopic (exact) mass is 305 g/mol. The summed E-state index contributed by atoms with van der Waals surface area (Å²) in [5, 5.41) is 11.2. The van der Waals surface area contributed by atoms with Crippen LogP contribution < -0.4 is 0 Å². The van der Waals surface area contributed by atoms with Crippen molar-refractivity contribution in [2.24, 2.45) is 0 Å². The Morgan fingerprint density at radius 2 is 1.48 bits per heavy atom. The molecule has 2 aromatic rings. The molecule has 0 N–H and O–H groups in total. The summed E-state index contributed by atoms with van der Waals surface area (Å²) in [6, 6.07) is 15.4. The van der Waals surface area contributed by atoms with E-state index < -0.39 is 20.8 Å². The van der Waals surface area contributed by atoms with Crippen molar-refractivity contribution < 1.29 is 13.3 Å². The zero-order valence-corrected chi connectivity index (χ0v) is 12.1. The second-order valence-electron chi connectivity index (χ2n) is 4.63. The molecule has 0 amide bonds. The van der Waals surface area contributed by atoms with Crippen LogP contribution in [0.25, 0.3) is 0 Å². The molecule has 1 atom stereocenters. The highest BCUT2D eigenvalue weighted by Crippen LogP contribution is 2.22. The number of benzene rings is 2. The summed E-state index contributed by atoms with van der Waals surface area (Å²) in [5.74, 6) is -0.252. The Morgan fingerprint density at radius 1 is 0.952 bits per heavy atom. The van der Waals surface area contributed by atoms with Crippen LogP contribution in [-0.2, 0) is 9.84 Å². The Hall–Kier alpha value is -2.21. The van der Waals surface area contributed by atoms with E-state index in [4.69, 9.17) is 0 Å². The second-order valence-corrected chi connectivity index (χ2v) is 6.74. The molecule has 110 valence electrons. The maximum absolute atomic E-state index is 12.2. The van der Waals surface area contributed by atoms with Gasteiger partial charge in [-0.1, -0.05) is 48.5 Å². The number of hydrogen-bond acceptors (Lipinski definition) is 4. The fraction of sp³-hybridized carbons (Fsp3) is 0.200. The van der Waals surface area contributed by atoms with Crippen LogP contribution in [0.1, 0.15) is 18.0 Å². The number of rotatable bonds is 6. The van der Waals surface area contributed by atoms with Crippen molar-refractivity contribution in [2.45, 2.75) is 17.4 Å². The quantitative estimate of drug-likeness (QED) is 0.607. The third kappa shape index (κ3) is 3.88. The van der Waals surface area contributed by atoms with Crippen molar-refractivity contribution >= 4 is 9.84 Å². The van der Waals surface area contributed by atoms with Crippen LogP contribution in [0.5, 0.6) is 0 Å². The predicted molar refractivity (Wildman–Crippen MR) is 79.3 cm³/mol. The van der Waals surface area contributed by atoms with Gasteiger partial charge in [0, 0.05) is 16.9 Å². The molecular formula is C15H15NO4S. The standard InChI is InChI=1S/C15H15NO4S/c17-16(18)15(13-7-3-1-4-8-13)11-12-21(19,20)14-9-5-2-6-10-14/h1-10,15H,11-12H2. The van der Waals surface area contributed by atoms with Gasteiger partial charge in [0.25, 0.3) is 0 Å².